The molecule has 1 heterocycles. The quantitative estimate of drug-likeness (QED) is 0.283. The molecule has 0 aliphatic heterocycles. The smallest absolute Gasteiger partial charge is 0.379 e. The van der Waals surface area contributed by atoms with Crippen LogP contribution in [-0.4, -0.2) is 35.1 Å². The van der Waals surface area contributed by atoms with Gasteiger partial charge in [-0.25, -0.2) is 9.18 Å². The third kappa shape index (κ3) is 4.29. The summed E-state index contributed by atoms with van der Waals surface area (Å²) in [5.41, 5.74) is 1.92. The highest BCUT2D eigenvalue weighted by Crippen LogP contribution is 2.34. The van der Waals surface area contributed by atoms with Crippen LogP contribution < -0.4 is 4.74 Å². The van der Waals surface area contributed by atoms with Crippen LogP contribution in [0.2, 0.25) is 0 Å². The number of methoxy groups -OCH3 is 1. The fraction of sp³-hybridized carbons (Fsp3) is 0.182. The maximum atomic E-state index is 13.2. The van der Waals surface area contributed by atoms with E-state index in [1.807, 2.05) is 10.6 Å². The van der Waals surface area contributed by atoms with Crippen LogP contribution in [0.3, 0.4) is 0 Å². The summed E-state index contributed by atoms with van der Waals surface area (Å²) < 4.78 is 25.1. The average molecular weight is 397 g/mol. The number of hydrogen-bond acceptors (Lipinski definition) is 5. The van der Waals surface area contributed by atoms with Crippen molar-refractivity contribution in [2.75, 3.05) is 13.7 Å². The molecule has 3 aromatic rings. The zero-order valence-corrected chi connectivity index (χ0v) is 16.0. The highest BCUT2D eigenvalue weighted by molar-refractivity contribution is 6.39. The number of hydrogen-bond donors (Lipinski definition) is 1. The van der Waals surface area contributed by atoms with Crippen LogP contribution in [0.25, 0.3) is 16.7 Å². The van der Waals surface area contributed by atoms with E-state index in [0.29, 0.717) is 23.2 Å². The van der Waals surface area contributed by atoms with Gasteiger partial charge in [0, 0.05) is 24.4 Å². The van der Waals surface area contributed by atoms with E-state index in [1.54, 1.807) is 37.4 Å². The lowest BCUT2D eigenvalue weighted by Crippen LogP contribution is -2.15. The summed E-state index contributed by atoms with van der Waals surface area (Å²) in [5, 5.41) is 11.1. The highest BCUT2D eigenvalue weighted by atomic mass is 19.1. The first-order chi connectivity index (χ1) is 13.9. The molecule has 1 N–H and O–H groups in total. The van der Waals surface area contributed by atoms with Crippen LogP contribution >= 0.6 is 0 Å². The highest BCUT2D eigenvalue weighted by Gasteiger charge is 2.19. The number of aromatic nitrogens is 1. The molecule has 0 bridgehead atoms. The van der Waals surface area contributed by atoms with Gasteiger partial charge >= 0.3 is 5.97 Å². The van der Waals surface area contributed by atoms with Crippen LogP contribution in [0.15, 0.2) is 54.7 Å². The molecule has 0 spiro atoms. The Balaban J connectivity index is 2.08. The van der Waals surface area contributed by atoms with Crippen molar-refractivity contribution in [3.05, 3.63) is 71.7 Å². The number of carbonyl (C=O) groups is 2. The number of ether oxygens (including phenoxy) is 2. The van der Waals surface area contributed by atoms with Crippen LogP contribution in [0.4, 0.5) is 4.39 Å². The van der Waals surface area contributed by atoms with E-state index in [2.05, 4.69) is 4.74 Å². The van der Waals surface area contributed by atoms with Gasteiger partial charge in [-0.2, -0.15) is 0 Å². The molecule has 3 rings (SSSR count). The lowest BCUT2D eigenvalue weighted by Gasteiger charge is -2.07. The fourth-order valence-corrected chi connectivity index (χ4v) is 3.06. The Hall–Kier alpha value is -3.61. The van der Waals surface area contributed by atoms with Gasteiger partial charge in [0.2, 0.25) is 0 Å². The monoisotopic (exact) mass is 397 g/mol. The lowest BCUT2D eigenvalue weighted by molar-refractivity contribution is -0.151. The first-order valence-corrected chi connectivity index (χ1v) is 8.97. The molecular formula is C22H20FNO5. The number of fused-ring (bicyclic) bond motifs is 1. The van der Waals surface area contributed by atoms with Gasteiger partial charge < -0.3 is 19.1 Å². The standard InChI is InChI=1S/C22H20FNO5/c1-3-29-22(27)19(26)11-18(25)16-13-24(12-14-7-9-15(23)10-8-14)17-5-4-6-20(28-2)21(16)17/h4-11,13,25H,3,12H2,1-2H3. The van der Waals surface area contributed by atoms with E-state index in [1.165, 1.54) is 19.2 Å². The number of aliphatic hydroxyl groups is 1. The third-order valence-corrected chi connectivity index (χ3v) is 4.37. The van der Waals surface area contributed by atoms with Crippen LogP contribution in [0, 0.1) is 5.82 Å². The van der Waals surface area contributed by atoms with Gasteiger partial charge in [0.1, 0.15) is 17.3 Å². The Kier molecular flexibility index (Phi) is 5.97. The fourth-order valence-electron chi connectivity index (χ4n) is 3.06. The van der Waals surface area contributed by atoms with Crippen LogP contribution in [0.1, 0.15) is 18.1 Å². The Morgan fingerprint density at radius 1 is 1.17 bits per heavy atom. The minimum Gasteiger partial charge on any atom is -0.507 e. The molecule has 0 aliphatic rings. The Labute approximate surface area is 166 Å². The molecule has 1 aromatic heterocycles. The maximum Gasteiger partial charge on any atom is 0.379 e. The molecule has 0 fully saturated rings. The van der Waals surface area contributed by atoms with E-state index in [0.717, 1.165) is 17.2 Å². The first kappa shape index (κ1) is 20.1. The molecule has 0 radical (unpaired) electrons. The molecule has 6 nitrogen and oxygen atoms in total. The minimum atomic E-state index is -1.04. The van der Waals surface area contributed by atoms with Crippen molar-refractivity contribution < 1.29 is 28.6 Å². The summed E-state index contributed by atoms with van der Waals surface area (Å²) in [7, 11) is 1.50. The predicted octanol–water partition coefficient (Wildman–Crippen LogP) is 3.87. The number of benzene rings is 2. The Bertz CT molecular complexity index is 1080. The molecule has 0 aliphatic carbocycles. The molecule has 0 saturated carbocycles. The second-order valence-corrected chi connectivity index (χ2v) is 6.27. The molecule has 0 atom stereocenters. The zero-order valence-electron chi connectivity index (χ0n) is 16.0. The lowest BCUT2D eigenvalue weighted by atomic mass is 10.1. The molecule has 0 amide bonds. The molecule has 7 heteroatoms. The van der Waals surface area contributed by atoms with Gasteiger partial charge in [-0.3, -0.25) is 4.79 Å². The molecular weight excluding hydrogens is 377 g/mol. The van der Waals surface area contributed by atoms with Crippen LogP contribution in [-0.2, 0) is 20.9 Å². The largest absolute Gasteiger partial charge is 0.507 e. The molecule has 0 unspecified atom stereocenters. The summed E-state index contributed by atoms with van der Waals surface area (Å²) in [6, 6.07) is 11.5. The van der Waals surface area contributed by atoms with E-state index in [4.69, 9.17) is 4.74 Å². The summed E-state index contributed by atoms with van der Waals surface area (Å²) in [5.74, 6) is -2.21. The van der Waals surface area contributed by atoms with Crippen molar-refractivity contribution in [3.8, 4) is 5.75 Å². The van der Waals surface area contributed by atoms with Crippen molar-refractivity contribution in [2.45, 2.75) is 13.5 Å². The van der Waals surface area contributed by atoms with Gasteiger partial charge in [-0.05, 0) is 36.8 Å². The van der Waals surface area contributed by atoms with Crippen molar-refractivity contribution in [1.82, 2.24) is 4.57 Å². The normalized spacial score (nSPS) is 11.5. The number of aliphatic hydroxyl groups excluding tert-OH is 1. The van der Waals surface area contributed by atoms with E-state index in [-0.39, 0.29) is 18.2 Å². The molecule has 29 heavy (non-hydrogen) atoms. The summed E-state index contributed by atoms with van der Waals surface area (Å²) >= 11 is 0. The van der Waals surface area contributed by atoms with Crippen molar-refractivity contribution in [3.63, 3.8) is 0 Å². The van der Waals surface area contributed by atoms with Gasteiger partial charge in [-0.1, -0.05) is 18.2 Å². The summed E-state index contributed by atoms with van der Waals surface area (Å²) in [4.78, 5) is 23.5. The Morgan fingerprint density at radius 2 is 1.90 bits per heavy atom. The number of halogens is 1. The summed E-state index contributed by atoms with van der Waals surface area (Å²) in [6.07, 6.45) is 2.49. The van der Waals surface area contributed by atoms with E-state index < -0.39 is 11.8 Å². The number of carbonyl (C=O) groups excluding carboxylic acids is 2. The summed E-state index contributed by atoms with van der Waals surface area (Å²) in [6.45, 7) is 2.05. The van der Waals surface area contributed by atoms with Crippen molar-refractivity contribution >= 4 is 28.4 Å². The van der Waals surface area contributed by atoms with Crippen molar-refractivity contribution in [1.29, 1.82) is 0 Å². The van der Waals surface area contributed by atoms with Gasteiger partial charge in [0.05, 0.1) is 24.6 Å². The first-order valence-electron chi connectivity index (χ1n) is 8.97. The number of nitrogens with zero attached hydrogens (tertiary/aromatic N) is 1. The second kappa shape index (κ2) is 8.60. The number of esters is 1. The molecule has 2 aromatic carbocycles. The predicted molar refractivity (Wildman–Crippen MR) is 106 cm³/mol. The van der Waals surface area contributed by atoms with Gasteiger partial charge in [0.25, 0.3) is 5.78 Å². The van der Waals surface area contributed by atoms with E-state index >= 15 is 0 Å². The van der Waals surface area contributed by atoms with Crippen LogP contribution in [0.5, 0.6) is 5.75 Å². The minimum absolute atomic E-state index is 0.0595. The maximum absolute atomic E-state index is 13.2. The third-order valence-electron chi connectivity index (χ3n) is 4.37. The number of ketones is 1. The topological polar surface area (TPSA) is 77.8 Å². The Morgan fingerprint density at radius 3 is 2.55 bits per heavy atom. The molecule has 0 saturated heterocycles. The molecule has 150 valence electrons. The van der Waals surface area contributed by atoms with Gasteiger partial charge in [0.15, 0.2) is 0 Å². The van der Waals surface area contributed by atoms with E-state index in [9.17, 15) is 19.1 Å². The SMILES string of the molecule is CCOC(=O)C(=O)C=C(O)c1cn(Cc2ccc(F)cc2)c2cccc(OC)c12. The van der Waals surface area contributed by atoms with Crippen molar-refractivity contribution in [2.24, 2.45) is 0 Å². The van der Waals surface area contributed by atoms with Gasteiger partial charge in [-0.15, -0.1) is 0 Å². The zero-order chi connectivity index (χ0) is 21.0. The number of rotatable bonds is 7. The average Bonchev–Trinajstić information content (AvgIpc) is 3.08. The second-order valence-electron chi connectivity index (χ2n) is 6.27.